The van der Waals surface area contributed by atoms with Gasteiger partial charge in [-0.1, -0.05) is 34.1 Å². The molecule has 0 aromatic rings. The molecule has 2 heteroatoms. The van der Waals surface area contributed by atoms with Crippen molar-refractivity contribution in [3.8, 4) is 0 Å². The van der Waals surface area contributed by atoms with Gasteiger partial charge in [0.25, 0.3) is 0 Å². The SMILES string of the molecule is CCCC1(CNC(C)(C)CC(C)(C)C)CCCN1. The van der Waals surface area contributed by atoms with Crippen LogP contribution in [0.2, 0.25) is 0 Å². The van der Waals surface area contributed by atoms with Gasteiger partial charge in [-0.3, -0.25) is 0 Å². The summed E-state index contributed by atoms with van der Waals surface area (Å²) in [7, 11) is 0. The fourth-order valence-electron chi connectivity index (χ4n) is 3.60. The van der Waals surface area contributed by atoms with Crippen LogP contribution < -0.4 is 10.6 Å². The van der Waals surface area contributed by atoms with Crippen LogP contribution in [0.5, 0.6) is 0 Å². The van der Waals surface area contributed by atoms with Gasteiger partial charge < -0.3 is 10.6 Å². The highest BCUT2D eigenvalue weighted by Crippen LogP contribution is 2.29. The van der Waals surface area contributed by atoms with E-state index in [4.69, 9.17) is 0 Å². The zero-order chi connectivity index (χ0) is 13.9. The van der Waals surface area contributed by atoms with E-state index in [-0.39, 0.29) is 5.54 Å². The third-order valence-corrected chi connectivity index (χ3v) is 3.94. The first-order valence-corrected chi connectivity index (χ1v) is 7.68. The highest BCUT2D eigenvalue weighted by Gasteiger charge is 2.34. The minimum absolute atomic E-state index is 0.225. The van der Waals surface area contributed by atoms with E-state index in [1.54, 1.807) is 0 Å². The Labute approximate surface area is 114 Å². The molecule has 1 heterocycles. The van der Waals surface area contributed by atoms with Gasteiger partial charge >= 0.3 is 0 Å². The Morgan fingerprint density at radius 3 is 2.28 bits per heavy atom. The van der Waals surface area contributed by atoms with Gasteiger partial charge in [-0.05, 0) is 51.5 Å². The quantitative estimate of drug-likeness (QED) is 0.755. The molecular formula is C16H34N2. The second-order valence-corrected chi connectivity index (χ2v) is 8.04. The average Bonchev–Trinajstić information content (AvgIpc) is 2.61. The van der Waals surface area contributed by atoms with Crippen LogP contribution in [0, 0.1) is 5.41 Å². The minimum atomic E-state index is 0.225. The van der Waals surface area contributed by atoms with Crippen LogP contribution in [0.15, 0.2) is 0 Å². The maximum atomic E-state index is 3.82. The van der Waals surface area contributed by atoms with Crippen LogP contribution >= 0.6 is 0 Å². The molecule has 0 radical (unpaired) electrons. The molecule has 1 rings (SSSR count). The van der Waals surface area contributed by atoms with Crippen LogP contribution in [0.1, 0.15) is 73.6 Å². The molecule has 0 amide bonds. The largest absolute Gasteiger partial charge is 0.310 e. The van der Waals surface area contributed by atoms with E-state index in [0.29, 0.717) is 11.0 Å². The lowest BCUT2D eigenvalue weighted by Crippen LogP contribution is -2.54. The summed E-state index contributed by atoms with van der Waals surface area (Å²) in [6.07, 6.45) is 6.45. The molecule has 0 aromatic carbocycles. The lowest BCUT2D eigenvalue weighted by Gasteiger charge is -2.38. The molecule has 1 fully saturated rings. The highest BCUT2D eigenvalue weighted by molar-refractivity contribution is 4.97. The third-order valence-electron chi connectivity index (χ3n) is 3.94. The smallest absolute Gasteiger partial charge is 0.0306 e. The van der Waals surface area contributed by atoms with E-state index in [0.717, 1.165) is 6.54 Å². The first kappa shape index (κ1) is 16.0. The molecule has 0 aliphatic carbocycles. The Morgan fingerprint density at radius 1 is 1.17 bits per heavy atom. The van der Waals surface area contributed by atoms with Gasteiger partial charge in [0.2, 0.25) is 0 Å². The molecule has 1 unspecified atom stereocenters. The molecule has 18 heavy (non-hydrogen) atoms. The van der Waals surface area contributed by atoms with Crippen molar-refractivity contribution in [2.24, 2.45) is 5.41 Å². The molecule has 1 aliphatic heterocycles. The van der Waals surface area contributed by atoms with E-state index in [9.17, 15) is 0 Å². The Bertz CT molecular complexity index is 244. The number of nitrogens with one attached hydrogen (secondary N) is 2. The normalized spacial score (nSPS) is 25.7. The summed E-state index contributed by atoms with van der Waals surface area (Å²) in [5.74, 6) is 0. The molecule has 0 spiro atoms. The van der Waals surface area contributed by atoms with E-state index in [2.05, 4.69) is 52.2 Å². The number of hydrogen-bond donors (Lipinski definition) is 2. The minimum Gasteiger partial charge on any atom is -0.310 e. The van der Waals surface area contributed by atoms with Crippen molar-refractivity contribution in [3.05, 3.63) is 0 Å². The summed E-state index contributed by atoms with van der Waals surface area (Å²) in [4.78, 5) is 0. The van der Waals surface area contributed by atoms with Gasteiger partial charge in [0.15, 0.2) is 0 Å². The Morgan fingerprint density at radius 2 is 1.83 bits per heavy atom. The van der Waals surface area contributed by atoms with Gasteiger partial charge in [-0.25, -0.2) is 0 Å². The van der Waals surface area contributed by atoms with Crippen LogP contribution in [0.3, 0.4) is 0 Å². The molecule has 0 aromatic heterocycles. The summed E-state index contributed by atoms with van der Waals surface area (Å²) < 4.78 is 0. The van der Waals surface area contributed by atoms with Gasteiger partial charge in [0.1, 0.15) is 0 Å². The van der Waals surface area contributed by atoms with Crippen molar-refractivity contribution in [2.45, 2.75) is 84.7 Å². The maximum Gasteiger partial charge on any atom is 0.0306 e. The molecular weight excluding hydrogens is 220 g/mol. The molecule has 0 bridgehead atoms. The van der Waals surface area contributed by atoms with Gasteiger partial charge in [0.05, 0.1) is 0 Å². The molecule has 0 saturated carbocycles. The van der Waals surface area contributed by atoms with Crippen molar-refractivity contribution in [1.82, 2.24) is 10.6 Å². The van der Waals surface area contributed by atoms with E-state index < -0.39 is 0 Å². The van der Waals surface area contributed by atoms with Gasteiger partial charge in [-0.2, -0.15) is 0 Å². The lowest BCUT2D eigenvalue weighted by molar-refractivity contribution is 0.212. The standard InChI is InChI=1S/C16H34N2/c1-7-9-16(10-8-11-17-16)13-18-15(5,6)12-14(2,3)4/h17-18H,7-13H2,1-6H3. The van der Waals surface area contributed by atoms with E-state index in [1.165, 1.54) is 38.6 Å². The molecule has 2 N–H and O–H groups in total. The monoisotopic (exact) mass is 254 g/mol. The fourth-order valence-corrected chi connectivity index (χ4v) is 3.60. The maximum absolute atomic E-state index is 3.82. The molecule has 1 aliphatic rings. The zero-order valence-corrected chi connectivity index (χ0v) is 13.4. The predicted octanol–water partition coefficient (Wildman–Crippen LogP) is 3.71. The first-order valence-electron chi connectivity index (χ1n) is 7.68. The average molecular weight is 254 g/mol. The summed E-state index contributed by atoms with van der Waals surface area (Å²) in [6, 6.07) is 0. The Kier molecular flexibility index (Phi) is 5.25. The van der Waals surface area contributed by atoms with E-state index in [1.807, 2.05) is 0 Å². The summed E-state index contributed by atoms with van der Waals surface area (Å²) >= 11 is 0. The first-order chi connectivity index (χ1) is 8.18. The summed E-state index contributed by atoms with van der Waals surface area (Å²) in [5, 5.41) is 7.56. The van der Waals surface area contributed by atoms with Gasteiger partial charge in [0, 0.05) is 17.6 Å². The van der Waals surface area contributed by atoms with Crippen molar-refractivity contribution in [1.29, 1.82) is 0 Å². The molecule has 1 saturated heterocycles. The van der Waals surface area contributed by atoms with Crippen molar-refractivity contribution < 1.29 is 0 Å². The fraction of sp³-hybridized carbons (Fsp3) is 1.00. The number of rotatable bonds is 6. The Balaban J connectivity index is 2.51. The molecule has 2 nitrogen and oxygen atoms in total. The number of hydrogen-bond acceptors (Lipinski definition) is 2. The van der Waals surface area contributed by atoms with Crippen molar-refractivity contribution in [2.75, 3.05) is 13.1 Å². The predicted molar refractivity (Wildman–Crippen MR) is 81.0 cm³/mol. The van der Waals surface area contributed by atoms with E-state index >= 15 is 0 Å². The van der Waals surface area contributed by atoms with Crippen molar-refractivity contribution >= 4 is 0 Å². The second kappa shape index (κ2) is 5.92. The van der Waals surface area contributed by atoms with Gasteiger partial charge in [-0.15, -0.1) is 0 Å². The molecule has 108 valence electrons. The molecule has 1 atom stereocenters. The van der Waals surface area contributed by atoms with Crippen LogP contribution in [0.25, 0.3) is 0 Å². The topological polar surface area (TPSA) is 24.1 Å². The third kappa shape index (κ3) is 5.27. The zero-order valence-electron chi connectivity index (χ0n) is 13.4. The van der Waals surface area contributed by atoms with Crippen molar-refractivity contribution in [3.63, 3.8) is 0 Å². The van der Waals surface area contributed by atoms with Crippen LogP contribution in [-0.4, -0.2) is 24.2 Å². The lowest BCUT2D eigenvalue weighted by atomic mass is 9.81. The Hall–Kier alpha value is -0.0800. The van der Waals surface area contributed by atoms with Crippen LogP contribution in [-0.2, 0) is 0 Å². The highest BCUT2D eigenvalue weighted by atomic mass is 15.1. The second-order valence-electron chi connectivity index (χ2n) is 8.04. The summed E-state index contributed by atoms with van der Waals surface area (Å²) in [6.45, 7) is 16.3. The summed E-state index contributed by atoms with van der Waals surface area (Å²) in [5.41, 5.74) is 0.977. The van der Waals surface area contributed by atoms with Crippen LogP contribution in [0.4, 0.5) is 0 Å².